The smallest absolute Gasteiger partial charge is 0.315 e. The van der Waals surface area contributed by atoms with Crippen molar-refractivity contribution in [1.82, 2.24) is 9.78 Å². The lowest BCUT2D eigenvalue weighted by Gasteiger charge is -2.11. The highest BCUT2D eigenvalue weighted by Gasteiger charge is 2.23. The molecule has 0 saturated carbocycles. The molecule has 0 aliphatic carbocycles. The van der Waals surface area contributed by atoms with Crippen molar-refractivity contribution in [3.63, 3.8) is 0 Å². The van der Waals surface area contributed by atoms with Crippen molar-refractivity contribution in [2.45, 2.75) is 25.3 Å². The van der Waals surface area contributed by atoms with E-state index < -0.39 is 23.4 Å². The Kier molecular flexibility index (Phi) is 6.14. The first-order chi connectivity index (χ1) is 13.3. The number of carbonyl (C=O) groups is 1. The molecule has 0 fully saturated rings. The van der Waals surface area contributed by atoms with E-state index in [2.05, 4.69) is 21.0 Å². The zero-order valence-electron chi connectivity index (χ0n) is 14.8. The maximum absolute atomic E-state index is 15.0. The lowest BCUT2D eigenvalue weighted by Crippen LogP contribution is -2.05. The van der Waals surface area contributed by atoms with E-state index in [9.17, 15) is 18.0 Å². The van der Waals surface area contributed by atoms with Crippen LogP contribution in [0.4, 0.5) is 13.2 Å². The fourth-order valence-electron chi connectivity index (χ4n) is 2.60. The van der Waals surface area contributed by atoms with Gasteiger partial charge in [0.15, 0.2) is 22.5 Å². The Morgan fingerprint density at radius 1 is 1.21 bits per heavy atom. The first-order valence-corrected chi connectivity index (χ1v) is 9.73. The number of hydrogen-bond donors (Lipinski definition) is 0. The van der Waals surface area contributed by atoms with Gasteiger partial charge in [0, 0.05) is 12.5 Å². The number of hydrogen-bond acceptors (Lipinski definition) is 4. The summed E-state index contributed by atoms with van der Waals surface area (Å²) in [5, 5.41) is 4.55. The van der Waals surface area contributed by atoms with Crippen LogP contribution < -0.4 is 0 Å². The van der Waals surface area contributed by atoms with Crippen LogP contribution in [0.15, 0.2) is 45.9 Å². The van der Waals surface area contributed by atoms with E-state index in [1.54, 1.807) is 12.1 Å². The van der Waals surface area contributed by atoms with Gasteiger partial charge in [0.05, 0.1) is 10.2 Å². The van der Waals surface area contributed by atoms with Crippen LogP contribution in [0.5, 0.6) is 0 Å². The quantitative estimate of drug-likeness (QED) is 0.438. The van der Waals surface area contributed by atoms with E-state index in [4.69, 9.17) is 4.18 Å². The Morgan fingerprint density at radius 2 is 1.96 bits per heavy atom. The summed E-state index contributed by atoms with van der Waals surface area (Å²) in [6.07, 6.45) is 0.470. The van der Waals surface area contributed by atoms with E-state index in [0.29, 0.717) is 34.2 Å². The van der Waals surface area contributed by atoms with Crippen molar-refractivity contribution >= 4 is 33.9 Å². The molecule has 28 heavy (non-hydrogen) atoms. The summed E-state index contributed by atoms with van der Waals surface area (Å²) >= 11 is 4.04. The molecule has 0 atom stereocenters. The van der Waals surface area contributed by atoms with Crippen LogP contribution in [-0.4, -0.2) is 15.7 Å². The summed E-state index contributed by atoms with van der Waals surface area (Å²) in [4.78, 5) is 11.1. The number of rotatable bonds is 5. The van der Waals surface area contributed by atoms with E-state index in [0.717, 1.165) is 12.1 Å². The molecule has 0 saturated heterocycles. The van der Waals surface area contributed by atoms with Crippen LogP contribution in [0, 0.1) is 17.5 Å². The summed E-state index contributed by atoms with van der Waals surface area (Å²) in [6, 6.07) is 8.20. The molecule has 0 spiro atoms. The minimum atomic E-state index is -1.05. The Bertz CT molecular complexity index is 1060. The topological polar surface area (TPSA) is 44.1 Å². The number of nitrogens with zero attached hydrogens (tertiary/aromatic N) is 2. The molecular weight excluding hydrogens is 457 g/mol. The van der Waals surface area contributed by atoms with Crippen molar-refractivity contribution in [2.75, 3.05) is 0 Å². The van der Waals surface area contributed by atoms with Crippen molar-refractivity contribution in [3.05, 3.63) is 63.9 Å². The van der Waals surface area contributed by atoms with Gasteiger partial charge in [0.2, 0.25) is 0 Å². The van der Waals surface area contributed by atoms with Gasteiger partial charge >= 0.3 is 5.97 Å². The lowest BCUT2D eigenvalue weighted by molar-refractivity contribution is -0.130. The molecule has 0 N–H and O–H groups in total. The van der Waals surface area contributed by atoms with Crippen LogP contribution in [0.3, 0.4) is 0 Å². The molecule has 0 aliphatic heterocycles. The van der Waals surface area contributed by atoms with Crippen LogP contribution in [-0.2, 0) is 15.4 Å². The van der Waals surface area contributed by atoms with Gasteiger partial charge in [-0.1, -0.05) is 19.1 Å². The predicted octanol–water partition coefficient (Wildman–Crippen LogP) is 5.85. The molecule has 3 rings (SSSR count). The van der Waals surface area contributed by atoms with Gasteiger partial charge in [-0.15, -0.1) is 0 Å². The zero-order chi connectivity index (χ0) is 20.4. The fourth-order valence-corrected chi connectivity index (χ4v) is 3.76. The molecule has 4 nitrogen and oxygen atoms in total. The van der Waals surface area contributed by atoms with Crippen LogP contribution >= 0.6 is 28.0 Å². The first-order valence-electron chi connectivity index (χ1n) is 8.20. The van der Waals surface area contributed by atoms with E-state index in [-0.39, 0.29) is 16.3 Å². The van der Waals surface area contributed by atoms with Crippen molar-refractivity contribution < 1.29 is 22.1 Å². The Hall–Kier alpha value is -2.26. The molecule has 9 heteroatoms. The number of halogens is 4. The van der Waals surface area contributed by atoms with Crippen molar-refractivity contribution in [3.8, 4) is 16.9 Å². The third kappa shape index (κ3) is 3.95. The van der Waals surface area contributed by atoms with Crippen LogP contribution in [0.1, 0.15) is 19.4 Å². The second-order valence-electron chi connectivity index (χ2n) is 5.77. The monoisotopic (exact) mass is 470 g/mol. The van der Waals surface area contributed by atoms with E-state index >= 15 is 0 Å². The molecule has 2 aromatic carbocycles. The average molecular weight is 471 g/mol. The summed E-state index contributed by atoms with van der Waals surface area (Å²) in [7, 11) is 0. The molecular formula is C19H14BrF3N2O2S. The molecule has 0 aliphatic rings. The Balaban J connectivity index is 2.24. The Morgan fingerprint density at radius 3 is 2.61 bits per heavy atom. The summed E-state index contributed by atoms with van der Waals surface area (Å²) < 4.78 is 48.7. The predicted molar refractivity (Wildman–Crippen MR) is 104 cm³/mol. The second kappa shape index (κ2) is 8.40. The van der Waals surface area contributed by atoms with Gasteiger partial charge in [-0.05, 0) is 52.2 Å². The molecule has 0 radical (unpaired) electrons. The summed E-state index contributed by atoms with van der Waals surface area (Å²) in [5.41, 5.74) is 1.18. The highest BCUT2D eigenvalue weighted by Crippen LogP contribution is 2.39. The fraction of sp³-hybridized carbons (Fsp3) is 0.158. The van der Waals surface area contributed by atoms with Gasteiger partial charge in [0.1, 0.15) is 17.7 Å². The maximum Gasteiger partial charge on any atom is 0.315 e. The van der Waals surface area contributed by atoms with E-state index in [1.807, 2.05) is 6.92 Å². The van der Waals surface area contributed by atoms with Crippen LogP contribution in [0.2, 0.25) is 0 Å². The van der Waals surface area contributed by atoms with Crippen LogP contribution in [0.25, 0.3) is 16.9 Å². The summed E-state index contributed by atoms with van der Waals surface area (Å²) in [6.45, 7) is 3.05. The average Bonchev–Trinajstić information content (AvgIpc) is 2.98. The minimum absolute atomic E-state index is 0.134. The van der Waals surface area contributed by atoms with Gasteiger partial charge < -0.3 is 4.18 Å². The number of aromatic nitrogens is 2. The first kappa shape index (κ1) is 20.5. The number of aryl methyl sites for hydroxylation is 1. The third-order valence-corrected chi connectivity index (χ3v) is 5.67. The Labute approximate surface area is 172 Å². The maximum atomic E-state index is 15.0. The van der Waals surface area contributed by atoms with Gasteiger partial charge in [-0.25, -0.2) is 17.9 Å². The van der Waals surface area contributed by atoms with Gasteiger partial charge in [-0.2, -0.15) is 5.10 Å². The molecule has 3 aromatic rings. The molecule has 0 amide bonds. The molecule has 0 bridgehead atoms. The largest absolute Gasteiger partial charge is 0.384 e. The second-order valence-corrected chi connectivity index (χ2v) is 7.28. The van der Waals surface area contributed by atoms with Gasteiger partial charge in [0.25, 0.3) is 0 Å². The lowest BCUT2D eigenvalue weighted by atomic mass is 10.1. The highest BCUT2D eigenvalue weighted by molar-refractivity contribution is 9.10. The molecule has 146 valence electrons. The highest BCUT2D eigenvalue weighted by atomic mass is 79.9. The number of carbonyl (C=O) groups excluding carboxylic acids is 1. The van der Waals surface area contributed by atoms with Gasteiger partial charge in [-0.3, -0.25) is 4.79 Å². The summed E-state index contributed by atoms with van der Waals surface area (Å²) in [5.74, 6) is -3.07. The third-order valence-electron chi connectivity index (χ3n) is 3.90. The number of benzene rings is 2. The molecule has 1 heterocycles. The minimum Gasteiger partial charge on any atom is -0.384 e. The van der Waals surface area contributed by atoms with Crippen molar-refractivity contribution in [1.29, 1.82) is 0 Å². The zero-order valence-corrected chi connectivity index (χ0v) is 17.2. The van der Waals surface area contributed by atoms with Crippen molar-refractivity contribution in [2.24, 2.45) is 0 Å². The normalized spacial score (nSPS) is 10.9. The molecule has 0 unspecified atom stereocenters. The SMILES string of the molecule is CCc1cccc(-n2nc(SOC(C)=O)c(Br)c2-c2ccc(F)c(F)c2)c1F. The standard InChI is InChI=1S/C19H14BrF3N2O2S/c1-3-11-5-4-6-15(17(11)23)25-18(12-7-8-13(21)14(22)9-12)16(20)19(24-25)28-27-10(2)26/h4-9H,3H2,1-2H3. The van der Waals surface area contributed by atoms with E-state index in [1.165, 1.54) is 23.7 Å². The molecule has 1 aromatic heterocycles.